The Balaban J connectivity index is 0.000001000. The van der Waals surface area contributed by atoms with Gasteiger partial charge in [-0.15, -0.1) is 17.0 Å². The zero-order valence-corrected chi connectivity index (χ0v) is 9.25. The molecule has 5 heteroatoms. The first-order valence-corrected chi connectivity index (χ1v) is 3.95. The lowest BCUT2D eigenvalue weighted by Gasteiger charge is -1.94. The van der Waals surface area contributed by atoms with Crippen LogP contribution in [-0.4, -0.2) is 20.9 Å². The van der Waals surface area contributed by atoms with Crippen LogP contribution in [0.4, 0.5) is 0 Å². The monoisotopic (exact) mass is 282 g/mol. The molecule has 1 rings (SSSR count). The highest BCUT2D eigenvalue weighted by Crippen LogP contribution is 1.99. The van der Waals surface area contributed by atoms with E-state index in [9.17, 15) is 4.79 Å². The number of halogens is 2. The van der Waals surface area contributed by atoms with Crippen molar-refractivity contribution in [1.29, 1.82) is 0 Å². The van der Waals surface area contributed by atoms with Crippen molar-refractivity contribution < 1.29 is 4.79 Å². The maximum Gasteiger partial charge on any atom is 0.191 e. The molecule has 1 aromatic heterocycles. The van der Waals surface area contributed by atoms with Crippen LogP contribution in [0.2, 0.25) is 0 Å². The highest BCUT2D eigenvalue weighted by molar-refractivity contribution is 9.09. The Kier molecular flexibility index (Phi) is 4.60. The number of hydrogen-bond donors (Lipinski definition) is 0. The van der Waals surface area contributed by atoms with Gasteiger partial charge in [0.05, 0.1) is 5.33 Å². The number of carbonyl (C=O) groups excluding carboxylic acids is 1. The Hall–Kier alpha value is -0.160. The molecule has 0 bridgehead atoms. The van der Waals surface area contributed by atoms with E-state index in [1.807, 2.05) is 0 Å². The van der Waals surface area contributed by atoms with Gasteiger partial charge in [0.15, 0.2) is 5.78 Å². The van der Waals surface area contributed by atoms with Crippen LogP contribution in [0.5, 0.6) is 0 Å². The molecule has 0 unspecified atom stereocenters. The van der Waals surface area contributed by atoms with Crippen molar-refractivity contribution in [3.05, 3.63) is 18.0 Å². The number of hydrogen-bond acceptors (Lipinski definition) is 2. The molecule has 0 radical (unpaired) electrons. The second kappa shape index (κ2) is 4.66. The van der Waals surface area contributed by atoms with E-state index < -0.39 is 0 Å². The van der Waals surface area contributed by atoms with Crippen molar-refractivity contribution in [2.75, 3.05) is 5.33 Å². The molecule has 1 heterocycles. The molecule has 0 N–H and O–H groups in total. The highest BCUT2D eigenvalue weighted by Gasteiger charge is 2.06. The molecular weight excluding hydrogens is 276 g/mol. The molecule has 0 fully saturated rings. The first-order valence-electron chi connectivity index (χ1n) is 2.83. The lowest BCUT2D eigenvalue weighted by molar-refractivity contribution is 0.101. The van der Waals surface area contributed by atoms with Gasteiger partial charge in [-0.1, -0.05) is 15.9 Å². The molecule has 0 aliphatic heterocycles. The Morgan fingerprint density at radius 1 is 1.82 bits per heavy atom. The van der Waals surface area contributed by atoms with Gasteiger partial charge in [0.1, 0.15) is 5.69 Å². The number of ketones is 1. The molecule has 0 spiro atoms. The average molecular weight is 284 g/mol. The number of aryl methyl sites for hydroxylation is 1. The van der Waals surface area contributed by atoms with E-state index in [0.717, 1.165) is 0 Å². The summed E-state index contributed by atoms with van der Waals surface area (Å²) in [5.74, 6) is 0.0556. The minimum atomic E-state index is 0. The van der Waals surface area contributed by atoms with E-state index in [1.54, 1.807) is 24.0 Å². The summed E-state index contributed by atoms with van der Waals surface area (Å²) in [6.45, 7) is 0. The highest BCUT2D eigenvalue weighted by atomic mass is 79.9. The number of carbonyl (C=O) groups is 1. The van der Waals surface area contributed by atoms with Crippen molar-refractivity contribution in [3.63, 3.8) is 0 Å². The van der Waals surface area contributed by atoms with Crippen molar-refractivity contribution >= 4 is 38.7 Å². The fourth-order valence-corrected chi connectivity index (χ4v) is 1.00. The van der Waals surface area contributed by atoms with E-state index in [4.69, 9.17) is 0 Å². The minimum Gasteiger partial charge on any atom is -0.292 e. The van der Waals surface area contributed by atoms with Crippen molar-refractivity contribution in [2.24, 2.45) is 7.05 Å². The van der Waals surface area contributed by atoms with Crippen LogP contribution >= 0.6 is 32.9 Å². The summed E-state index contributed by atoms with van der Waals surface area (Å²) in [7, 11) is 1.75. The number of alkyl halides is 1. The molecule has 1 aromatic rings. The lowest BCUT2D eigenvalue weighted by Crippen LogP contribution is -2.07. The summed E-state index contributed by atoms with van der Waals surface area (Å²) in [5.41, 5.74) is 0.636. The van der Waals surface area contributed by atoms with E-state index in [0.29, 0.717) is 11.0 Å². The van der Waals surface area contributed by atoms with Gasteiger partial charge >= 0.3 is 0 Å². The number of Topliss-reactive ketones (excluding diaryl/α,β-unsaturated/α-hetero) is 1. The van der Waals surface area contributed by atoms with Crippen LogP contribution < -0.4 is 0 Å². The summed E-state index contributed by atoms with van der Waals surface area (Å²) >= 11 is 3.08. The Morgan fingerprint density at radius 2 is 2.45 bits per heavy atom. The molecule has 11 heavy (non-hydrogen) atoms. The van der Waals surface area contributed by atoms with Crippen LogP contribution in [0.25, 0.3) is 0 Å². The van der Waals surface area contributed by atoms with E-state index in [-0.39, 0.29) is 22.8 Å². The Morgan fingerprint density at radius 3 is 2.82 bits per heavy atom. The third kappa shape index (κ3) is 2.41. The quantitative estimate of drug-likeness (QED) is 0.610. The van der Waals surface area contributed by atoms with Gasteiger partial charge in [-0.3, -0.25) is 9.48 Å². The number of nitrogens with zero attached hydrogens (tertiary/aromatic N) is 2. The molecular formula is C6H8Br2N2O. The van der Waals surface area contributed by atoms with Crippen LogP contribution in [0, 0.1) is 0 Å². The summed E-state index contributed by atoms with van der Waals surface area (Å²) in [6, 6.07) is 1.70. The number of rotatable bonds is 2. The van der Waals surface area contributed by atoms with Gasteiger partial charge in [0, 0.05) is 13.2 Å². The normalized spacial score (nSPS) is 8.91. The average Bonchev–Trinajstić information content (AvgIpc) is 2.34. The predicted octanol–water partition coefficient (Wildman–Crippen LogP) is 1.58. The van der Waals surface area contributed by atoms with E-state index >= 15 is 0 Å². The molecule has 0 saturated heterocycles. The molecule has 0 amide bonds. The standard InChI is InChI=1S/C6H7BrN2O.BrH/c1-9-5(2-3-8-9)6(10)4-7;/h2-3H,4H2,1H3;1H. The molecule has 0 aliphatic rings. The van der Waals surface area contributed by atoms with E-state index in [1.165, 1.54) is 0 Å². The first kappa shape index (κ1) is 10.8. The third-order valence-electron chi connectivity index (χ3n) is 1.23. The SMILES string of the molecule is Br.Cn1nccc1C(=O)CBr. The molecule has 3 nitrogen and oxygen atoms in total. The molecule has 0 atom stereocenters. The first-order chi connectivity index (χ1) is 4.75. The maximum atomic E-state index is 11.0. The predicted molar refractivity (Wildman–Crippen MR) is 51.7 cm³/mol. The second-order valence-corrected chi connectivity index (χ2v) is 2.46. The van der Waals surface area contributed by atoms with E-state index in [2.05, 4.69) is 21.0 Å². The molecule has 0 saturated carbocycles. The maximum absolute atomic E-state index is 11.0. The molecule has 62 valence electrons. The molecule has 0 aliphatic carbocycles. The van der Waals surface area contributed by atoms with Crippen LogP contribution in [0.15, 0.2) is 12.3 Å². The summed E-state index contributed by atoms with van der Waals surface area (Å²) in [4.78, 5) is 11.0. The topological polar surface area (TPSA) is 34.9 Å². The van der Waals surface area contributed by atoms with Crippen molar-refractivity contribution in [1.82, 2.24) is 9.78 Å². The van der Waals surface area contributed by atoms with Gasteiger partial charge in [-0.05, 0) is 6.07 Å². The third-order valence-corrected chi connectivity index (χ3v) is 1.74. The van der Waals surface area contributed by atoms with Crippen LogP contribution in [0.1, 0.15) is 10.5 Å². The van der Waals surface area contributed by atoms with Crippen molar-refractivity contribution in [2.45, 2.75) is 0 Å². The van der Waals surface area contributed by atoms with Crippen LogP contribution in [-0.2, 0) is 7.05 Å². The Bertz CT molecular complexity index is 246. The largest absolute Gasteiger partial charge is 0.292 e. The lowest BCUT2D eigenvalue weighted by atomic mass is 10.3. The zero-order valence-electron chi connectivity index (χ0n) is 5.95. The number of aromatic nitrogens is 2. The second-order valence-electron chi connectivity index (χ2n) is 1.90. The summed E-state index contributed by atoms with van der Waals surface area (Å²) < 4.78 is 1.56. The van der Waals surface area contributed by atoms with Gasteiger partial charge in [-0.25, -0.2) is 0 Å². The summed E-state index contributed by atoms with van der Waals surface area (Å²) in [6.07, 6.45) is 1.61. The van der Waals surface area contributed by atoms with Gasteiger partial charge < -0.3 is 0 Å². The zero-order chi connectivity index (χ0) is 7.56. The smallest absolute Gasteiger partial charge is 0.191 e. The summed E-state index contributed by atoms with van der Waals surface area (Å²) in [5, 5.41) is 4.21. The Labute approximate surface area is 83.7 Å². The van der Waals surface area contributed by atoms with Gasteiger partial charge in [-0.2, -0.15) is 5.10 Å². The minimum absolute atomic E-state index is 0. The van der Waals surface area contributed by atoms with Crippen molar-refractivity contribution in [3.8, 4) is 0 Å². The van der Waals surface area contributed by atoms with Gasteiger partial charge in [0.2, 0.25) is 0 Å². The fourth-order valence-electron chi connectivity index (χ4n) is 0.716. The fraction of sp³-hybridized carbons (Fsp3) is 0.333. The van der Waals surface area contributed by atoms with Gasteiger partial charge in [0.25, 0.3) is 0 Å². The molecule has 0 aromatic carbocycles. The van der Waals surface area contributed by atoms with Crippen LogP contribution in [0.3, 0.4) is 0 Å².